The Morgan fingerprint density at radius 2 is 1.42 bits per heavy atom. The molecule has 0 heterocycles. The smallest absolute Gasteiger partial charge is 0.303 e. The van der Waals surface area contributed by atoms with Crippen molar-refractivity contribution in [3.63, 3.8) is 0 Å². The lowest BCUT2D eigenvalue weighted by Crippen LogP contribution is -2.74. The Bertz CT molecular complexity index is 1210. The van der Waals surface area contributed by atoms with Gasteiger partial charge in [-0.05, 0) is 84.5 Å². The number of carbonyl (C=O) groups excluding carboxylic acids is 3. The van der Waals surface area contributed by atoms with Crippen LogP contribution in [0.3, 0.4) is 0 Å². The molecule has 4 fully saturated rings. The maximum absolute atomic E-state index is 12.8. The topological polar surface area (TPSA) is 99.1 Å². The van der Waals surface area contributed by atoms with Crippen LogP contribution in [0.5, 0.6) is 0 Å². The Labute approximate surface area is 258 Å². The van der Waals surface area contributed by atoms with Gasteiger partial charge in [0.05, 0.1) is 0 Å². The van der Waals surface area contributed by atoms with Gasteiger partial charge in [0.2, 0.25) is 0 Å². The average molecular weight is 601 g/mol. The molecule has 0 aromatic rings. The predicted octanol–water partition coefficient (Wildman–Crippen LogP) is 6.65. The Balaban J connectivity index is 1.72. The maximum atomic E-state index is 12.8. The van der Waals surface area contributed by atoms with Crippen molar-refractivity contribution in [3.05, 3.63) is 11.6 Å². The van der Waals surface area contributed by atoms with Crippen molar-refractivity contribution in [1.29, 1.82) is 0 Å². The first-order valence-electron chi connectivity index (χ1n) is 16.7. The van der Waals surface area contributed by atoms with E-state index < -0.39 is 47.2 Å². The first-order valence-corrected chi connectivity index (χ1v) is 16.7. The normalized spacial score (nSPS) is 50.0. The average Bonchev–Trinajstić information content (AvgIpc) is 2.88. The maximum Gasteiger partial charge on any atom is 0.303 e. The number of allylic oxidation sites excluding steroid dienone is 1. The van der Waals surface area contributed by atoms with E-state index >= 15 is 0 Å². The van der Waals surface area contributed by atoms with Crippen LogP contribution in [0, 0.1) is 56.7 Å². The summed E-state index contributed by atoms with van der Waals surface area (Å²) in [5.74, 6) is -0.0943. The van der Waals surface area contributed by atoms with Crippen molar-refractivity contribution in [3.8, 4) is 0 Å². The minimum Gasteiger partial charge on any atom is -0.458 e. The summed E-state index contributed by atoms with van der Waals surface area (Å²) >= 11 is 0. The molecule has 242 valence electrons. The molecule has 0 aromatic carbocycles. The van der Waals surface area contributed by atoms with Gasteiger partial charge in [-0.3, -0.25) is 14.4 Å². The van der Waals surface area contributed by atoms with Crippen molar-refractivity contribution in [1.82, 2.24) is 0 Å². The van der Waals surface area contributed by atoms with Gasteiger partial charge in [0, 0.05) is 37.5 Å². The molecule has 0 aliphatic heterocycles. The van der Waals surface area contributed by atoms with Gasteiger partial charge in [-0.15, -0.1) is 0 Å². The van der Waals surface area contributed by atoms with Gasteiger partial charge in [-0.2, -0.15) is 0 Å². The number of esters is 3. The fourth-order valence-electron chi connectivity index (χ4n) is 11.9. The zero-order chi connectivity index (χ0) is 32.1. The largest absolute Gasteiger partial charge is 0.458 e. The van der Waals surface area contributed by atoms with Gasteiger partial charge in [0.25, 0.3) is 0 Å². The van der Waals surface area contributed by atoms with Crippen LogP contribution in [0.4, 0.5) is 0 Å². The number of ether oxygens (including phenoxy) is 3. The van der Waals surface area contributed by atoms with Crippen LogP contribution in [0.25, 0.3) is 0 Å². The van der Waals surface area contributed by atoms with Crippen LogP contribution < -0.4 is 0 Å². The summed E-state index contributed by atoms with van der Waals surface area (Å²) in [6.07, 6.45) is 5.20. The molecule has 13 atom stereocenters. The van der Waals surface area contributed by atoms with Crippen molar-refractivity contribution in [2.45, 2.75) is 139 Å². The molecular weight excluding hydrogens is 544 g/mol. The van der Waals surface area contributed by atoms with E-state index in [4.69, 9.17) is 14.2 Å². The van der Waals surface area contributed by atoms with E-state index in [2.05, 4.69) is 61.5 Å². The molecule has 0 unspecified atom stereocenters. The van der Waals surface area contributed by atoms with Gasteiger partial charge in [-0.1, -0.05) is 61.0 Å². The Morgan fingerprint density at radius 3 is 2.00 bits per heavy atom. The summed E-state index contributed by atoms with van der Waals surface area (Å²) in [5.41, 5.74) is -0.199. The molecule has 0 saturated heterocycles. The predicted molar refractivity (Wildman–Crippen MR) is 163 cm³/mol. The van der Waals surface area contributed by atoms with Gasteiger partial charge in [0.1, 0.15) is 18.3 Å². The number of fused-ring (bicyclic) bond motifs is 7. The minimum absolute atomic E-state index is 0.0803. The summed E-state index contributed by atoms with van der Waals surface area (Å²) in [6.45, 7) is 22.5. The highest BCUT2D eigenvalue weighted by atomic mass is 16.6. The van der Waals surface area contributed by atoms with Crippen LogP contribution in [0.15, 0.2) is 11.6 Å². The Hall–Kier alpha value is -1.89. The number of hydrogen-bond donors (Lipinski definition) is 1. The molecular formula is C36H56O7. The zero-order valence-corrected chi connectivity index (χ0v) is 28.4. The summed E-state index contributed by atoms with van der Waals surface area (Å²) in [5, 5.41) is 12.4. The summed E-state index contributed by atoms with van der Waals surface area (Å²) < 4.78 is 18.0. The second-order valence-electron chi connectivity index (χ2n) is 16.8. The molecule has 43 heavy (non-hydrogen) atoms. The first kappa shape index (κ1) is 32.5. The Kier molecular flexibility index (Phi) is 7.80. The van der Waals surface area contributed by atoms with Crippen molar-refractivity contribution in [2.75, 3.05) is 0 Å². The highest BCUT2D eigenvalue weighted by Crippen LogP contribution is 2.76. The molecule has 5 aliphatic rings. The highest BCUT2D eigenvalue weighted by molar-refractivity contribution is 5.68. The second kappa shape index (κ2) is 10.3. The fraction of sp³-hybridized carbons (Fsp3) is 0.861. The zero-order valence-electron chi connectivity index (χ0n) is 28.4. The lowest BCUT2D eigenvalue weighted by molar-refractivity contribution is -0.296. The molecule has 1 N–H and O–H groups in total. The number of aliphatic hydroxyl groups is 1. The van der Waals surface area contributed by atoms with Crippen LogP contribution in [0.1, 0.15) is 115 Å². The number of aliphatic hydroxyl groups excluding tert-OH is 1. The molecule has 4 saturated carbocycles. The van der Waals surface area contributed by atoms with Crippen molar-refractivity contribution < 1.29 is 33.7 Å². The molecule has 7 heteroatoms. The van der Waals surface area contributed by atoms with Crippen molar-refractivity contribution >= 4 is 17.9 Å². The quantitative estimate of drug-likeness (QED) is 0.220. The standard InChI is InChI=1S/C36H56O7/c1-19-12-14-33(8)16-17-34(9)24(27(33)20(19)2)18-25(41-21(3)37)29-35(34,10)15-13-26-32(6,7)31(43-23(5)39)28(42-22(4)38)30(40)36(26,29)11/h18-20,25-31,40H,12-17H2,1-11H3/t19-,20+,25-,26+,27+,28-,29+,30-,31+,33-,34-,35-,36+/m1/s1. The van der Waals surface area contributed by atoms with Crippen LogP contribution in [-0.4, -0.2) is 47.4 Å². The molecule has 0 aromatic heterocycles. The van der Waals surface area contributed by atoms with E-state index in [-0.39, 0.29) is 34.1 Å². The molecule has 0 spiro atoms. The van der Waals surface area contributed by atoms with Gasteiger partial charge in [-0.25, -0.2) is 0 Å². The minimum atomic E-state index is -1.12. The summed E-state index contributed by atoms with van der Waals surface area (Å²) in [4.78, 5) is 37.5. The summed E-state index contributed by atoms with van der Waals surface area (Å²) in [6, 6.07) is 0. The third kappa shape index (κ3) is 4.47. The van der Waals surface area contributed by atoms with Gasteiger partial charge in [0.15, 0.2) is 6.10 Å². The van der Waals surface area contributed by atoms with E-state index in [0.717, 1.165) is 25.7 Å². The van der Waals surface area contributed by atoms with Crippen LogP contribution >= 0.6 is 0 Å². The lowest BCUT2D eigenvalue weighted by Gasteiger charge is -2.73. The van der Waals surface area contributed by atoms with Gasteiger partial charge < -0.3 is 19.3 Å². The third-order valence-electron chi connectivity index (χ3n) is 14.3. The Morgan fingerprint density at radius 1 is 0.814 bits per heavy atom. The number of carbonyl (C=O) groups is 3. The molecule has 0 bridgehead atoms. The summed E-state index contributed by atoms with van der Waals surface area (Å²) in [7, 11) is 0. The first-order chi connectivity index (χ1) is 19.8. The lowest BCUT2D eigenvalue weighted by atomic mass is 9.32. The van der Waals surface area contributed by atoms with E-state index in [1.807, 2.05) is 0 Å². The molecule has 0 amide bonds. The second-order valence-corrected chi connectivity index (χ2v) is 16.8. The highest BCUT2D eigenvalue weighted by Gasteiger charge is 2.74. The molecule has 5 aliphatic carbocycles. The monoisotopic (exact) mass is 600 g/mol. The number of rotatable bonds is 3. The van der Waals surface area contributed by atoms with E-state index in [1.165, 1.54) is 39.2 Å². The van der Waals surface area contributed by atoms with Crippen LogP contribution in [-0.2, 0) is 28.6 Å². The van der Waals surface area contributed by atoms with E-state index in [0.29, 0.717) is 17.8 Å². The van der Waals surface area contributed by atoms with Gasteiger partial charge >= 0.3 is 17.9 Å². The SMILES string of the molecule is CC(=O)O[C@@H]1[C@@H](O)[C@]2(C)[C@H]3[C@H](OC(C)=O)C=C4[C@@H]5[C@@H](C)[C@H](C)CC[C@]5(C)CC[C@@]4(C)[C@]3(C)CC[C@H]2C(C)(C)[C@H]1OC(C)=O. The fourth-order valence-corrected chi connectivity index (χ4v) is 11.9. The molecule has 5 rings (SSSR count). The van der Waals surface area contributed by atoms with E-state index in [1.54, 1.807) is 0 Å². The number of hydrogen-bond acceptors (Lipinski definition) is 7. The molecule has 0 radical (unpaired) electrons. The van der Waals surface area contributed by atoms with Crippen molar-refractivity contribution in [2.24, 2.45) is 56.7 Å². The van der Waals surface area contributed by atoms with E-state index in [9.17, 15) is 19.5 Å². The molecule has 7 nitrogen and oxygen atoms in total. The third-order valence-corrected chi connectivity index (χ3v) is 14.3. The van der Waals surface area contributed by atoms with Crippen LogP contribution in [0.2, 0.25) is 0 Å².